The molecule has 2 rings (SSSR count). The first-order valence-electron chi connectivity index (χ1n) is 9.10. The van der Waals surface area contributed by atoms with E-state index in [4.69, 9.17) is 4.74 Å². The number of allylic oxidation sites excluding steroid dienone is 1. The molecule has 120 valence electrons. The Balaban J connectivity index is 1.69. The smallest absolute Gasteiger partial charge is 0.330 e. The molecular weight excluding hydrogens is 260 g/mol. The van der Waals surface area contributed by atoms with Crippen LogP contribution in [0.5, 0.6) is 0 Å². The van der Waals surface area contributed by atoms with Crippen LogP contribution in [0, 0.1) is 17.8 Å². The van der Waals surface area contributed by atoms with Gasteiger partial charge in [0.25, 0.3) is 0 Å². The predicted molar refractivity (Wildman–Crippen MR) is 87.0 cm³/mol. The zero-order chi connectivity index (χ0) is 15.1. The lowest BCUT2D eigenvalue weighted by Crippen LogP contribution is -2.29. The second-order valence-corrected chi connectivity index (χ2v) is 6.97. The van der Waals surface area contributed by atoms with Gasteiger partial charge in [-0.2, -0.15) is 0 Å². The van der Waals surface area contributed by atoms with Gasteiger partial charge >= 0.3 is 5.97 Å². The van der Waals surface area contributed by atoms with E-state index in [1.165, 1.54) is 44.9 Å². The highest BCUT2D eigenvalue weighted by molar-refractivity contribution is 5.82. The Bertz CT molecular complexity index is 331. The summed E-state index contributed by atoms with van der Waals surface area (Å²) in [7, 11) is 0. The Morgan fingerprint density at radius 2 is 1.52 bits per heavy atom. The van der Waals surface area contributed by atoms with Gasteiger partial charge in [0.2, 0.25) is 0 Å². The topological polar surface area (TPSA) is 26.3 Å². The van der Waals surface area contributed by atoms with Gasteiger partial charge in [0, 0.05) is 6.08 Å². The molecule has 21 heavy (non-hydrogen) atoms. The van der Waals surface area contributed by atoms with Gasteiger partial charge in [0.1, 0.15) is 6.10 Å². The zero-order valence-corrected chi connectivity index (χ0v) is 13.9. The minimum absolute atomic E-state index is 0.149. The third-order valence-corrected chi connectivity index (χ3v) is 5.63. The SMILES string of the molecule is CCC=CC(=O)OC1CCC(C2CCC(CC)CC2)CC1. The Kier molecular flexibility index (Phi) is 6.79. The van der Waals surface area contributed by atoms with E-state index in [2.05, 4.69) is 6.92 Å². The highest BCUT2D eigenvalue weighted by Crippen LogP contribution is 2.41. The summed E-state index contributed by atoms with van der Waals surface area (Å²) in [6.45, 7) is 4.36. The van der Waals surface area contributed by atoms with E-state index in [0.717, 1.165) is 37.0 Å². The highest BCUT2D eigenvalue weighted by atomic mass is 16.5. The van der Waals surface area contributed by atoms with Crippen molar-refractivity contribution in [3.05, 3.63) is 12.2 Å². The van der Waals surface area contributed by atoms with Gasteiger partial charge in [-0.25, -0.2) is 4.79 Å². The van der Waals surface area contributed by atoms with Crippen molar-refractivity contribution < 1.29 is 9.53 Å². The van der Waals surface area contributed by atoms with Crippen LogP contribution in [0.4, 0.5) is 0 Å². The van der Waals surface area contributed by atoms with Crippen LogP contribution in [-0.4, -0.2) is 12.1 Å². The molecule has 0 unspecified atom stereocenters. The van der Waals surface area contributed by atoms with E-state index < -0.39 is 0 Å². The van der Waals surface area contributed by atoms with Crippen molar-refractivity contribution in [1.82, 2.24) is 0 Å². The monoisotopic (exact) mass is 292 g/mol. The molecule has 0 spiro atoms. The lowest BCUT2D eigenvalue weighted by molar-refractivity contribution is -0.145. The summed E-state index contributed by atoms with van der Waals surface area (Å²) < 4.78 is 5.54. The number of hydrogen-bond donors (Lipinski definition) is 0. The number of hydrogen-bond acceptors (Lipinski definition) is 2. The quantitative estimate of drug-likeness (QED) is 0.509. The molecule has 0 aromatic carbocycles. The molecular formula is C19H32O2. The fourth-order valence-electron chi connectivity index (χ4n) is 4.16. The zero-order valence-electron chi connectivity index (χ0n) is 13.9. The van der Waals surface area contributed by atoms with Crippen molar-refractivity contribution in [3.63, 3.8) is 0 Å². The largest absolute Gasteiger partial charge is 0.459 e. The van der Waals surface area contributed by atoms with Crippen LogP contribution in [-0.2, 0) is 9.53 Å². The van der Waals surface area contributed by atoms with Crippen LogP contribution >= 0.6 is 0 Å². The summed E-state index contributed by atoms with van der Waals surface area (Å²) in [6, 6.07) is 0. The van der Waals surface area contributed by atoms with E-state index in [1.54, 1.807) is 6.08 Å². The van der Waals surface area contributed by atoms with Gasteiger partial charge in [-0.15, -0.1) is 0 Å². The summed E-state index contributed by atoms with van der Waals surface area (Å²) in [5.74, 6) is 2.68. The normalized spacial score (nSPS) is 34.0. The number of rotatable bonds is 5. The van der Waals surface area contributed by atoms with Crippen LogP contribution in [0.2, 0.25) is 0 Å². The molecule has 2 saturated carbocycles. The maximum atomic E-state index is 11.6. The number of carbonyl (C=O) groups excluding carboxylic acids is 1. The average molecular weight is 292 g/mol. The van der Waals surface area contributed by atoms with Crippen molar-refractivity contribution in [3.8, 4) is 0 Å². The second kappa shape index (κ2) is 8.60. The first-order chi connectivity index (χ1) is 10.2. The molecule has 0 atom stereocenters. The van der Waals surface area contributed by atoms with Gasteiger partial charge in [-0.3, -0.25) is 0 Å². The Morgan fingerprint density at radius 3 is 2.05 bits per heavy atom. The van der Waals surface area contributed by atoms with Gasteiger partial charge in [0.15, 0.2) is 0 Å². The number of carbonyl (C=O) groups is 1. The molecule has 0 bridgehead atoms. The van der Waals surface area contributed by atoms with E-state index in [0.29, 0.717) is 0 Å². The standard InChI is InChI=1S/C19H32O2/c1-3-5-6-19(20)21-18-13-11-17(12-14-18)16-9-7-15(4-2)8-10-16/h5-6,15-18H,3-4,7-14H2,1-2H3. The summed E-state index contributed by atoms with van der Waals surface area (Å²) >= 11 is 0. The molecule has 2 nitrogen and oxygen atoms in total. The molecule has 2 heteroatoms. The number of esters is 1. The molecule has 0 radical (unpaired) electrons. The highest BCUT2D eigenvalue weighted by Gasteiger charge is 2.31. The first kappa shape index (κ1) is 16.6. The third kappa shape index (κ3) is 5.16. The molecule has 2 aliphatic rings. The Morgan fingerprint density at radius 1 is 0.952 bits per heavy atom. The predicted octanol–water partition coefficient (Wildman–Crippen LogP) is 5.27. The number of ether oxygens (including phenoxy) is 1. The molecule has 2 fully saturated rings. The Labute approximate surface area is 130 Å². The lowest BCUT2D eigenvalue weighted by atomic mass is 9.70. The molecule has 0 aliphatic heterocycles. The van der Waals surface area contributed by atoms with E-state index in [1.807, 2.05) is 13.0 Å². The summed E-state index contributed by atoms with van der Waals surface area (Å²) in [6.07, 6.45) is 16.3. The summed E-state index contributed by atoms with van der Waals surface area (Å²) in [5.41, 5.74) is 0. The molecule has 0 saturated heterocycles. The van der Waals surface area contributed by atoms with Crippen molar-refractivity contribution in [2.75, 3.05) is 0 Å². The maximum Gasteiger partial charge on any atom is 0.330 e. The van der Waals surface area contributed by atoms with Crippen molar-refractivity contribution in [2.45, 2.75) is 84.2 Å². The fourth-order valence-corrected chi connectivity index (χ4v) is 4.16. The van der Waals surface area contributed by atoms with Gasteiger partial charge in [-0.1, -0.05) is 39.2 Å². The lowest BCUT2D eigenvalue weighted by Gasteiger charge is -2.37. The Hall–Kier alpha value is -0.790. The van der Waals surface area contributed by atoms with Crippen molar-refractivity contribution in [1.29, 1.82) is 0 Å². The fraction of sp³-hybridized carbons (Fsp3) is 0.842. The minimum atomic E-state index is -0.149. The van der Waals surface area contributed by atoms with Crippen LogP contribution in [0.15, 0.2) is 12.2 Å². The molecule has 0 aromatic heterocycles. The summed E-state index contributed by atoms with van der Waals surface area (Å²) in [5, 5.41) is 0. The van der Waals surface area contributed by atoms with Crippen LogP contribution in [0.3, 0.4) is 0 Å². The molecule has 0 aromatic rings. The molecule has 0 amide bonds. The molecule has 2 aliphatic carbocycles. The second-order valence-electron chi connectivity index (χ2n) is 6.97. The summed E-state index contributed by atoms with van der Waals surface area (Å²) in [4.78, 5) is 11.6. The first-order valence-corrected chi connectivity index (χ1v) is 9.10. The average Bonchev–Trinajstić information content (AvgIpc) is 2.54. The van der Waals surface area contributed by atoms with Gasteiger partial charge in [0.05, 0.1) is 0 Å². The molecule has 0 N–H and O–H groups in total. The van der Waals surface area contributed by atoms with Crippen molar-refractivity contribution >= 4 is 5.97 Å². The van der Waals surface area contributed by atoms with Crippen LogP contribution in [0.25, 0.3) is 0 Å². The molecule has 0 heterocycles. The van der Waals surface area contributed by atoms with E-state index >= 15 is 0 Å². The third-order valence-electron chi connectivity index (χ3n) is 5.63. The van der Waals surface area contributed by atoms with Gasteiger partial charge in [-0.05, 0) is 62.7 Å². The van der Waals surface area contributed by atoms with Crippen LogP contribution < -0.4 is 0 Å². The van der Waals surface area contributed by atoms with E-state index in [-0.39, 0.29) is 12.1 Å². The van der Waals surface area contributed by atoms with Crippen molar-refractivity contribution in [2.24, 2.45) is 17.8 Å². The van der Waals surface area contributed by atoms with Gasteiger partial charge < -0.3 is 4.74 Å². The van der Waals surface area contributed by atoms with E-state index in [9.17, 15) is 4.79 Å². The minimum Gasteiger partial charge on any atom is -0.459 e. The maximum absolute atomic E-state index is 11.6. The van der Waals surface area contributed by atoms with Crippen LogP contribution in [0.1, 0.15) is 78.1 Å².